The van der Waals surface area contributed by atoms with Crippen molar-refractivity contribution in [1.29, 1.82) is 0 Å². The lowest BCUT2D eigenvalue weighted by Crippen LogP contribution is -2.40. The standard InChI is InChI=1S/C25H27N3O5S/c1-4-19-11-8-9-15-22(19)28(34(30,31)21-13-6-5-7-14-21)18-24(29)27-26-17-20-12-10-16-23(32-2)25(20)33-3/h5-17H,4,18H2,1-3H3,(H,27,29)/b26-17-. The lowest BCUT2D eigenvalue weighted by atomic mass is 10.1. The van der Waals surface area contributed by atoms with Crippen LogP contribution in [-0.2, 0) is 21.2 Å². The summed E-state index contributed by atoms with van der Waals surface area (Å²) >= 11 is 0. The van der Waals surface area contributed by atoms with Crippen LogP contribution in [0.4, 0.5) is 5.69 Å². The van der Waals surface area contributed by atoms with Crippen LogP contribution in [0.3, 0.4) is 0 Å². The van der Waals surface area contributed by atoms with E-state index in [4.69, 9.17) is 9.47 Å². The first-order valence-electron chi connectivity index (χ1n) is 10.6. The van der Waals surface area contributed by atoms with E-state index in [2.05, 4.69) is 10.5 Å². The van der Waals surface area contributed by atoms with E-state index < -0.39 is 22.5 Å². The molecule has 1 amide bonds. The molecule has 3 rings (SSSR count). The van der Waals surface area contributed by atoms with E-state index in [1.54, 1.807) is 48.5 Å². The smallest absolute Gasteiger partial charge is 0.264 e. The van der Waals surface area contributed by atoms with Crippen molar-refractivity contribution in [3.05, 3.63) is 83.9 Å². The molecule has 0 radical (unpaired) electrons. The van der Waals surface area contributed by atoms with Gasteiger partial charge in [-0.3, -0.25) is 9.10 Å². The first-order chi connectivity index (χ1) is 16.4. The second-order valence-corrected chi connectivity index (χ2v) is 9.05. The summed E-state index contributed by atoms with van der Waals surface area (Å²) in [5, 5.41) is 3.99. The molecule has 3 aromatic carbocycles. The zero-order chi connectivity index (χ0) is 24.6. The summed E-state index contributed by atoms with van der Waals surface area (Å²) < 4.78 is 38.6. The summed E-state index contributed by atoms with van der Waals surface area (Å²) in [6, 6.07) is 20.4. The SMILES string of the molecule is CCc1ccccc1N(CC(=O)N/N=C\c1cccc(OC)c1OC)S(=O)(=O)c1ccccc1. The fourth-order valence-corrected chi connectivity index (χ4v) is 4.91. The van der Waals surface area contributed by atoms with Gasteiger partial charge in [-0.1, -0.05) is 49.4 Å². The molecule has 0 aromatic heterocycles. The van der Waals surface area contributed by atoms with Gasteiger partial charge in [-0.2, -0.15) is 5.10 Å². The molecule has 0 atom stereocenters. The summed E-state index contributed by atoms with van der Waals surface area (Å²) in [7, 11) is -0.965. The molecular weight excluding hydrogens is 454 g/mol. The van der Waals surface area contributed by atoms with Crippen LogP contribution < -0.4 is 19.2 Å². The Labute approximate surface area is 199 Å². The second kappa shape index (κ2) is 11.3. The van der Waals surface area contributed by atoms with Crippen LogP contribution in [0.25, 0.3) is 0 Å². The molecule has 178 valence electrons. The predicted molar refractivity (Wildman–Crippen MR) is 132 cm³/mol. The fourth-order valence-electron chi connectivity index (χ4n) is 3.43. The number of nitrogens with zero attached hydrogens (tertiary/aromatic N) is 2. The van der Waals surface area contributed by atoms with E-state index in [1.807, 2.05) is 19.1 Å². The number of aryl methyl sites for hydroxylation is 1. The zero-order valence-electron chi connectivity index (χ0n) is 19.3. The van der Waals surface area contributed by atoms with Crippen LogP contribution in [-0.4, -0.2) is 41.3 Å². The van der Waals surface area contributed by atoms with Crippen molar-refractivity contribution in [2.24, 2.45) is 5.10 Å². The summed E-state index contributed by atoms with van der Waals surface area (Å²) in [4.78, 5) is 12.9. The van der Waals surface area contributed by atoms with Crippen LogP contribution in [0, 0.1) is 0 Å². The van der Waals surface area contributed by atoms with Crippen molar-refractivity contribution in [1.82, 2.24) is 5.43 Å². The Morgan fingerprint density at radius 2 is 1.68 bits per heavy atom. The highest BCUT2D eigenvalue weighted by atomic mass is 32.2. The number of rotatable bonds is 10. The van der Waals surface area contributed by atoms with Gasteiger partial charge in [0.25, 0.3) is 15.9 Å². The summed E-state index contributed by atoms with van der Waals surface area (Å²) in [5.74, 6) is 0.394. The maximum absolute atomic E-state index is 13.5. The van der Waals surface area contributed by atoms with Gasteiger partial charge in [-0.05, 0) is 42.3 Å². The maximum atomic E-state index is 13.5. The molecule has 0 aliphatic carbocycles. The van der Waals surface area contributed by atoms with Crippen molar-refractivity contribution in [2.45, 2.75) is 18.2 Å². The highest BCUT2D eigenvalue weighted by molar-refractivity contribution is 7.92. The Kier molecular flexibility index (Phi) is 8.26. The monoisotopic (exact) mass is 481 g/mol. The summed E-state index contributed by atoms with van der Waals surface area (Å²) in [6.45, 7) is 1.48. The van der Waals surface area contributed by atoms with Gasteiger partial charge in [0.15, 0.2) is 11.5 Å². The first kappa shape index (κ1) is 24.8. The number of para-hydroxylation sites is 2. The van der Waals surface area contributed by atoms with Crippen LogP contribution in [0.5, 0.6) is 11.5 Å². The lowest BCUT2D eigenvalue weighted by Gasteiger charge is -2.25. The average molecular weight is 482 g/mol. The molecule has 0 spiro atoms. The Balaban J connectivity index is 1.88. The van der Waals surface area contributed by atoms with E-state index >= 15 is 0 Å². The quantitative estimate of drug-likeness (QED) is 0.352. The van der Waals surface area contributed by atoms with Gasteiger partial charge >= 0.3 is 0 Å². The van der Waals surface area contributed by atoms with Gasteiger partial charge < -0.3 is 9.47 Å². The highest BCUT2D eigenvalue weighted by Gasteiger charge is 2.28. The Morgan fingerprint density at radius 3 is 2.35 bits per heavy atom. The number of methoxy groups -OCH3 is 2. The number of hydrogen-bond donors (Lipinski definition) is 1. The number of hydrazone groups is 1. The maximum Gasteiger partial charge on any atom is 0.264 e. The molecule has 0 aliphatic heterocycles. The molecule has 9 heteroatoms. The Morgan fingerprint density at radius 1 is 0.971 bits per heavy atom. The number of nitrogens with one attached hydrogen (secondary N) is 1. The molecule has 0 fully saturated rings. The normalized spacial score (nSPS) is 11.3. The molecule has 34 heavy (non-hydrogen) atoms. The van der Waals surface area contributed by atoms with Crippen molar-refractivity contribution in [2.75, 3.05) is 25.1 Å². The van der Waals surface area contributed by atoms with Gasteiger partial charge in [0, 0.05) is 5.56 Å². The molecule has 0 heterocycles. The third-order valence-electron chi connectivity index (χ3n) is 5.09. The van der Waals surface area contributed by atoms with Crippen LogP contribution in [0.1, 0.15) is 18.1 Å². The third kappa shape index (κ3) is 5.55. The number of benzene rings is 3. The number of ether oxygens (including phenoxy) is 2. The summed E-state index contributed by atoms with van der Waals surface area (Å²) in [6.07, 6.45) is 2.02. The minimum Gasteiger partial charge on any atom is -0.493 e. The van der Waals surface area contributed by atoms with Crippen molar-refractivity contribution in [3.63, 3.8) is 0 Å². The van der Waals surface area contributed by atoms with E-state index in [9.17, 15) is 13.2 Å². The minimum atomic E-state index is -3.99. The van der Waals surface area contributed by atoms with Gasteiger partial charge in [0.05, 0.1) is 31.0 Å². The Bertz CT molecular complexity index is 1260. The zero-order valence-corrected chi connectivity index (χ0v) is 20.1. The molecule has 0 aliphatic rings. The third-order valence-corrected chi connectivity index (χ3v) is 6.86. The lowest BCUT2D eigenvalue weighted by molar-refractivity contribution is -0.119. The van der Waals surface area contributed by atoms with E-state index in [-0.39, 0.29) is 4.90 Å². The average Bonchev–Trinajstić information content (AvgIpc) is 2.87. The number of amides is 1. The number of sulfonamides is 1. The minimum absolute atomic E-state index is 0.0957. The largest absolute Gasteiger partial charge is 0.493 e. The summed E-state index contributed by atoms with van der Waals surface area (Å²) in [5.41, 5.74) is 4.25. The van der Waals surface area contributed by atoms with Crippen molar-refractivity contribution >= 4 is 27.8 Å². The van der Waals surface area contributed by atoms with Crippen molar-refractivity contribution < 1.29 is 22.7 Å². The van der Waals surface area contributed by atoms with Gasteiger partial charge in [-0.15, -0.1) is 0 Å². The van der Waals surface area contributed by atoms with E-state index in [1.165, 1.54) is 32.6 Å². The molecule has 0 bridgehead atoms. The molecule has 3 aromatic rings. The number of carbonyl (C=O) groups is 1. The van der Waals surface area contributed by atoms with Gasteiger partial charge in [-0.25, -0.2) is 13.8 Å². The van der Waals surface area contributed by atoms with Crippen LogP contribution >= 0.6 is 0 Å². The van der Waals surface area contributed by atoms with E-state index in [0.29, 0.717) is 29.2 Å². The molecule has 0 saturated carbocycles. The number of hydrogen-bond acceptors (Lipinski definition) is 6. The Hall–Kier alpha value is -3.85. The molecule has 0 saturated heterocycles. The molecule has 1 N–H and O–H groups in total. The topological polar surface area (TPSA) is 97.3 Å². The van der Waals surface area contributed by atoms with Gasteiger partial charge in [0.2, 0.25) is 0 Å². The van der Waals surface area contributed by atoms with Crippen LogP contribution in [0.15, 0.2) is 82.8 Å². The van der Waals surface area contributed by atoms with Gasteiger partial charge in [0.1, 0.15) is 6.54 Å². The number of carbonyl (C=O) groups excluding carboxylic acids is 1. The highest BCUT2D eigenvalue weighted by Crippen LogP contribution is 2.29. The molecular formula is C25H27N3O5S. The predicted octanol–water partition coefficient (Wildman–Crippen LogP) is 3.61. The molecule has 8 nitrogen and oxygen atoms in total. The van der Waals surface area contributed by atoms with E-state index in [0.717, 1.165) is 9.87 Å². The van der Waals surface area contributed by atoms with Crippen molar-refractivity contribution in [3.8, 4) is 11.5 Å². The number of anilines is 1. The molecule has 0 unspecified atom stereocenters. The van der Waals surface area contributed by atoms with Crippen LogP contribution in [0.2, 0.25) is 0 Å². The second-order valence-electron chi connectivity index (χ2n) is 7.18. The fraction of sp³-hybridized carbons (Fsp3) is 0.200. The first-order valence-corrected chi connectivity index (χ1v) is 12.0.